The fourth-order valence-electron chi connectivity index (χ4n) is 2.90. The standard InChI is InChI=1S/C14H23N3O4/c1-15(10-12(18)16-6-2-3-7-16)14(21)17-8-4-11(5-9-17)13(19)20/h11H,2-10H2,1H3,(H,19,20). The molecule has 1 N–H and O–H groups in total. The fourth-order valence-corrected chi connectivity index (χ4v) is 2.90. The highest BCUT2D eigenvalue weighted by Crippen LogP contribution is 2.18. The van der Waals surface area contributed by atoms with E-state index in [0.717, 1.165) is 25.9 Å². The van der Waals surface area contributed by atoms with Crippen molar-refractivity contribution in [1.29, 1.82) is 0 Å². The summed E-state index contributed by atoms with van der Waals surface area (Å²) >= 11 is 0. The van der Waals surface area contributed by atoms with Crippen LogP contribution in [0.4, 0.5) is 4.79 Å². The summed E-state index contributed by atoms with van der Waals surface area (Å²) in [5.41, 5.74) is 0. The Morgan fingerprint density at radius 1 is 1.05 bits per heavy atom. The van der Waals surface area contributed by atoms with Gasteiger partial charge in [0.2, 0.25) is 5.91 Å². The Hall–Kier alpha value is -1.79. The quantitative estimate of drug-likeness (QED) is 0.820. The molecule has 0 aliphatic carbocycles. The molecule has 2 aliphatic heterocycles. The summed E-state index contributed by atoms with van der Waals surface area (Å²) in [5.74, 6) is -1.16. The number of carboxylic acid groups (broad SMARTS) is 1. The van der Waals surface area contributed by atoms with Crippen LogP contribution in [0.5, 0.6) is 0 Å². The molecule has 0 saturated carbocycles. The molecule has 7 heteroatoms. The van der Waals surface area contributed by atoms with E-state index in [-0.39, 0.29) is 24.4 Å². The Balaban J connectivity index is 1.79. The average Bonchev–Trinajstić information content (AvgIpc) is 3.00. The normalized spacial score (nSPS) is 19.7. The van der Waals surface area contributed by atoms with E-state index in [4.69, 9.17) is 5.11 Å². The molecule has 7 nitrogen and oxygen atoms in total. The molecule has 0 aromatic rings. The molecule has 118 valence electrons. The van der Waals surface area contributed by atoms with Crippen LogP contribution in [0.25, 0.3) is 0 Å². The minimum absolute atomic E-state index is 0.0104. The molecule has 0 aromatic heterocycles. The van der Waals surface area contributed by atoms with E-state index < -0.39 is 5.97 Å². The number of urea groups is 1. The van der Waals surface area contributed by atoms with Crippen molar-refractivity contribution in [1.82, 2.24) is 14.7 Å². The summed E-state index contributed by atoms with van der Waals surface area (Å²) in [6, 6.07) is -0.189. The highest BCUT2D eigenvalue weighted by molar-refractivity contribution is 5.84. The third-order valence-electron chi connectivity index (χ3n) is 4.27. The molecule has 0 aromatic carbocycles. The summed E-state index contributed by atoms with van der Waals surface area (Å²) < 4.78 is 0. The maximum Gasteiger partial charge on any atom is 0.320 e. The Kier molecular flexibility index (Phi) is 5.03. The zero-order chi connectivity index (χ0) is 15.4. The molecule has 2 heterocycles. The minimum Gasteiger partial charge on any atom is -0.481 e. The molecule has 2 fully saturated rings. The van der Waals surface area contributed by atoms with Crippen molar-refractivity contribution in [2.45, 2.75) is 25.7 Å². The first-order valence-corrected chi connectivity index (χ1v) is 7.49. The molecule has 0 bridgehead atoms. The summed E-state index contributed by atoms with van der Waals surface area (Å²) in [6.45, 7) is 2.55. The monoisotopic (exact) mass is 297 g/mol. The van der Waals surface area contributed by atoms with Gasteiger partial charge in [-0.15, -0.1) is 0 Å². The first-order chi connectivity index (χ1) is 9.99. The van der Waals surface area contributed by atoms with Crippen molar-refractivity contribution in [3.05, 3.63) is 0 Å². The summed E-state index contributed by atoms with van der Waals surface area (Å²) in [5, 5.41) is 8.95. The number of hydrogen-bond donors (Lipinski definition) is 1. The van der Waals surface area contributed by atoms with Gasteiger partial charge in [-0.25, -0.2) is 4.79 Å². The van der Waals surface area contributed by atoms with Crippen LogP contribution >= 0.6 is 0 Å². The van der Waals surface area contributed by atoms with Crippen molar-refractivity contribution in [3.8, 4) is 0 Å². The Labute approximate surface area is 124 Å². The lowest BCUT2D eigenvalue weighted by Crippen LogP contribution is -2.49. The SMILES string of the molecule is CN(CC(=O)N1CCCC1)C(=O)N1CCC(C(=O)O)CC1. The number of carboxylic acids is 1. The van der Waals surface area contributed by atoms with Crippen LogP contribution in [-0.2, 0) is 9.59 Å². The zero-order valence-corrected chi connectivity index (χ0v) is 12.5. The van der Waals surface area contributed by atoms with Gasteiger partial charge in [-0.05, 0) is 25.7 Å². The van der Waals surface area contributed by atoms with Gasteiger partial charge in [-0.1, -0.05) is 0 Å². The third-order valence-corrected chi connectivity index (χ3v) is 4.27. The molecule has 2 aliphatic rings. The van der Waals surface area contributed by atoms with E-state index in [2.05, 4.69) is 0 Å². The highest BCUT2D eigenvalue weighted by Gasteiger charge is 2.29. The second-order valence-corrected chi connectivity index (χ2v) is 5.83. The van der Waals surface area contributed by atoms with Crippen LogP contribution in [0.1, 0.15) is 25.7 Å². The fraction of sp³-hybridized carbons (Fsp3) is 0.786. The van der Waals surface area contributed by atoms with Crippen LogP contribution in [-0.4, -0.2) is 77.5 Å². The van der Waals surface area contributed by atoms with Crippen molar-refractivity contribution in [3.63, 3.8) is 0 Å². The Morgan fingerprint density at radius 2 is 1.62 bits per heavy atom. The number of aliphatic carboxylic acids is 1. The lowest BCUT2D eigenvalue weighted by atomic mass is 9.97. The first-order valence-electron chi connectivity index (χ1n) is 7.49. The molecule has 0 spiro atoms. The van der Waals surface area contributed by atoms with Gasteiger partial charge in [0, 0.05) is 33.2 Å². The molecular weight excluding hydrogens is 274 g/mol. The molecule has 0 unspecified atom stereocenters. The van der Waals surface area contributed by atoms with E-state index in [1.807, 2.05) is 0 Å². The predicted molar refractivity (Wildman–Crippen MR) is 75.8 cm³/mol. The van der Waals surface area contributed by atoms with Crippen molar-refractivity contribution in [2.24, 2.45) is 5.92 Å². The van der Waals surface area contributed by atoms with Crippen LogP contribution < -0.4 is 0 Å². The maximum atomic E-state index is 12.3. The second kappa shape index (κ2) is 6.78. The molecular formula is C14H23N3O4. The van der Waals surface area contributed by atoms with Gasteiger partial charge in [0.1, 0.15) is 6.54 Å². The van der Waals surface area contributed by atoms with Crippen LogP contribution in [0.2, 0.25) is 0 Å². The van der Waals surface area contributed by atoms with E-state index in [0.29, 0.717) is 25.9 Å². The largest absolute Gasteiger partial charge is 0.481 e. The van der Waals surface area contributed by atoms with Crippen LogP contribution in [0, 0.1) is 5.92 Å². The number of likely N-dealkylation sites (N-methyl/N-ethyl adjacent to an activating group) is 1. The molecule has 21 heavy (non-hydrogen) atoms. The average molecular weight is 297 g/mol. The van der Waals surface area contributed by atoms with E-state index in [1.54, 1.807) is 16.8 Å². The van der Waals surface area contributed by atoms with Crippen molar-refractivity contribution < 1.29 is 19.5 Å². The van der Waals surface area contributed by atoms with Gasteiger partial charge in [-0.2, -0.15) is 0 Å². The molecule has 0 radical (unpaired) electrons. The highest BCUT2D eigenvalue weighted by atomic mass is 16.4. The van der Waals surface area contributed by atoms with Gasteiger partial charge in [-0.3, -0.25) is 9.59 Å². The molecule has 3 amide bonds. The topological polar surface area (TPSA) is 81.2 Å². The maximum absolute atomic E-state index is 12.3. The number of likely N-dealkylation sites (tertiary alicyclic amines) is 2. The van der Waals surface area contributed by atoms with E-state index in [1.165, 1.54) is 4.90 Å². The van der Waals surface area contributed by atoms with Crippen LogP contribution in [0.15, 0.2) is 0 Å². The number of nitrogens with zero attached hydrogens (tertiary/aromatic N) is 3. The number of rotatable bonds is 3. The lowest BCUT2D eigenvalue weighted by molar-refractivity contribution is -0.143. The first kappa shape index (κ1) is 15.6. The number of carbonyl (C=O) groups is 3. The summed E-state index contributed by atoms with van der Waals surface area (Å²) in [4.78, 5) is 40.0. The van der Waals surface area contributed by atoms with E-state index >= 15 is 0 Å². The third kappa shape index (κ3) is 3.86. The van der Waals surface area contributed by atoms with Crippen molar-refractivity contribution in [2.75, 3.05) is 39.8 Å². The molecule has 0 atom stereocenters. The van der Waals surface area contributed by atoms with Gasteiger partial charge in [0.05, 0.1) is 5.92 Å². The Bertz CT molecular complexity index is 412. The number of piperidine rings is 1. The van der Waals surface area contributed by atoms with Gasteiger partial charge in [0.15, 0.2) is 0 Å². The summed E-state index contributed by atoms with van der Waals surface area (Å²) in [6.07, 6.45) is 3.03. The van der Waals surface area contributed by atoms with Gasteiger partial charge < -0.3 is 19.8 Å². The lowest BCUT2D eigenvalue weighted by Gasteiger charge is -2.33. The predicted octanol–water partition coefficient (Wildman–Crippen LogP) is 0.457. The number of amides is 3. The summed E-state index contributed by atoms with van der Waals surface area (Å²) in [7, 11) is 1.62. The Morgan fingerprint density at radius 3 is 2.14 bits per heavy atom. The number of carbonyl (C=O) groups excluding carboxylic acids is 2. The van der Waals surface area contributed by atoms with Crippen LogP contribution in [0.3, 0.4) is 0 Å². The van der Waals surface area contributed by atoms with Crippen molar-refractivity contribution >= 4 is 17.9 Å². The second-order valence-electron chi connectivity index (χ2n) is 5.83. The molecule has 2 rings (SSSR count). The smallest absolute Gasteiger partial charge is 0.320 e. The number of hydrogen-bond acceptors (Lipinski definition) is 3. The zero-order valence-electron chi connectivity index (χ0n) is 12.5. The molecule has 2 saturated heterocycles. The van der Waals surface area contributed by atoms with Gasteiger partial charge in [0.25, 0.3) is 0 Å². The minimum atomic E-state index is -0.792. The van der Waals surface area contributed by atoms with E-state index in [9.17, 15) is 14.4 Å². The van der Waals surface area contributed by atoms with Gasteiger partial charge >= 0.3 is 12.0 Å².